The van der Waals surface area contributed by atoms with Crippen molar-refractivity contribution in [3.8, 4) is 5.75 Å². The van der Waals surface area contributed by atoms with Crippen LogP contribution >= 0.6 is 0 Å². The van der Waals surface area contributed by atoms with Crippen LogP contribution < -0.4 is 4.74 Å². The Bertz CT molecular complexity index is 477. The summed E-state index contributed by atoms with van der Waals surface area (Å²) in [6.45, 7) is 3.75. The molecule has 2 rings (SSSR count). The molecule has 1 unspecified atom stereocenters. The summed E-state index contributed by atoms with van der Waals surface area (Å²) in [5.41, 5.74) is 3.17. The van der Waals surface area contributed by atoms with Gasteiger partial charge in [0.2, 0.25) is 0 Å². The summed E-state index contributed by atoms with van der Waals surface area (Å²) in [5.74, 6) is 0.288. The number of hydrogen-bond donors (Lipinski definition) is 1. The lowest BCUT2D eigenvalue weighted by atomic mass is 9.98. The molecular weight excluding hydrogens is 244 g/mol. The second-order valence-corrected chi connectivity index (χ2v) is 5.17. The van der Waals surface area contributed by atoms with Gasteiger partial charge in [-0.15, -0.1) is 0 Å². The number of hydrogen-bond acceptors (Lipinski definition) is 3. The minimum atomic E-state index is -0.936. The smallest absolute Gasteiger partial charge is 0.329 e. The van der Waals surface area contributed by atoms with Crippen LogP contribution in [-0.4, -0.2) is 24.8 Å². The van der Waals surface area contributed by atoms with Gasteiger partial charge >= 0.3 is 5.97 Å². The molecule has 0 radical (unpaired) electrons. The average Bonchev–Trinajstić information content (AvgIpc) is 3.12. The highest BCUT2D eigenvalue weighted by Gasteiger charge is 2.35. The molecule has 0 bridgehead atoms. The number of aryl methyl sites for hydroxylation is 2. The average molecular weight is 264 g/mol. The second-order valence-electron chi connectivity index (χ2n) is 5.17. The summed E-state index contributed by atoms with van der Waals surface area (Å²) in [6, 6.07) is 4.10. The minimum Gasteiger partial charge on any atom is -0.496 e. The predicted molar refractivity (Wildman–Crippen MR) is 71.5 cm³/mol. The number of carboxylic acids is 1. The molecule has 0 aliphatic heterocycles. The van der Waals surface area contributed by atoms with Crippen LogP contribution in [0.2, 0.25) is 0 Å². The summed E-state index contributed by atoms with van der Waals surface area (Å²) in [6.07, 6.45) is 1.99. The number of rotatable bonds is 6. The van der Waals surface area contributed by atoms with Crippen molar-refractivity contribution in [2.24, 2.45) is 5.92 Å². The van der Waals surface area contributed by atoms with Crippen molar-refractivity contribution in [3.05, 3.63) is 28.8 Å². The van der Waals surface area contributed by atoms with Crippen molar-refractivity contribution >= 4 is 5.97 Å². The van der Waals surface area contributed by atoms with Gasteiger partial charge in [-0.05, 0) is 44.2 Å². The van der Waals surface area contributed by atoms with E-state index in [-0.39, 0.29) is 12.7 Å². The van der Waals surface area contributed by atoms with Crippen molar-refractivity contribution in [2.75, 3.05) is 13.7 Å². The van der Waals surface area contributed by atoms with Crippen molar-refractivity contribution in [1.29, 1.82) is 0 Å². The van der Waals surface area contributed by atoms with E-state index in [9.17, 15) is 4.79 Å². The first-order valence-electron chi connectivity index (χ1n) is 6.51. The van der Waals surface area contributed by atoms with Gasteiger partial charge < -0.3 is 14.6 Å². The van der Waals surface area contributed by atoms with Crippen molar-refractivity contribution in [2.45, 2.75) is 32.8 Å². The monoisotopic (exact) mass is 264 g/mol. The van der Waals surface area contributed by atoms with E-state index in [4.69, 9.17) is 14.6 Å². The lowest BCUT2D eigenvalue weighted by Crippen LogP contribution is -2.15. The normalized spacial score (nSPS) is 16.2. The molecular formula is C15H20O4. The lowest BCUT2D eigenvalue weighted by Gasteiger charge is -2.21. The Morgan fingerprint density at radius 3 is 2.63 bits per heavy atom. The molecule has 0 aromatic heterocycles. The molecule has 4 heteroatoms. The molecule has 1 aromatic rings. The van der Waals surface area contributed by atoms with Crippen LogP contribution in [0.1, 0.15) is 35.6 Å². The quantitative estimate of drug-likeness (QED) is 0.858. The van der Waals surface area contributed by atoms with E-state index in [0.717, 1.165) is 35.3 Å². The number of carboxylic acid groups (broad SMARTS) is 1. The molecule has 1 fully saturated rings. The standard InChI is InChI=1S/C15H20O4/c1-9-6-10(2)14(18-3)12(7-9)15(11-4-5-11)19-8-13(16)17/h6-7,11,15H,4-5,8H2,1-3H3,(H,16,17). The largest absolute Gasteiger partial charge is 0.496 e. The van der Waals surface area contributed by atoms with Crippen molar-refractivity contribution in [1.82, 2.24) is 0 Å². The molecule has 19 heavy (non-hydrogen) atoms. The molecule has 0 amide bonds. The molecule has 0 spiro atoms. The summed E-state index contributed by atoms with van der Waals surface area (Å²) >= 11 is 0. The molecule has 0 saturated heterocycles. The first-order chi connectivity index (χ1) is 9.02. The number of benzene rings is 1. The third-order valence-corrected chi connectivity index (χ3v) is 3.39. The molecule has 1 N–H and O–H groups in total. The van der Waals surface area contributed by atoms with Crippen LogP contribution in [0.25, 0.3) is 0 Å². The maximum Gasteiger partial charge on any atom is 0.329 e. The summed E-state index contributed by atoms with van der Waals surface area (Å²) in [5, 5.41) is 8.79. The Balaban J connectivity index is 2.32. The van der Waals surface area contributed by atoms with Crippen LogP contribution in [0.15, 0.2) is 12.1 Å². The maximum atomic E-state index is 10.7. The fraction of sp³-hybridized carbons (Fsp3) is 0.533. The van der Waals surface area contributed by atoms with Gasteiger partial charge in [0.15, 0.2) is 0 Å². The third-order valence-electron chi connectivity index (χ3n) is 3.39. The Kier molecular flexibility index (Phi) is 4.10. The van der Waals surface area contributed by atoms with E-state index in [1.165, 1.54) is 0 Å². The summed E-state index contributed by atoms with van der Waals surface area (Å²) in [7, 11) is 1.64. The van der Waals surface area contributed by atoms with Crippen LogP contribution in [0.3, 0.4) is 0 Å². The van der Waals surface area contributed by atoms with Gasteiger partial charge in [0.25, 0.3) is 0 Å². The molecule has 4 nitrogen and oxygen atoms in total. The van der Waals surface area contributed by atoms with Crippen LogP contribution in [0, 0.1) is 19.8 Å². The molecule has 0 heterocycles. The summed E-state index contributed by atoms with van der Waals surface area (Å²) in [4.78, 5) is 10.7. The lowest BCUT2D eigenvalue weighted by molar-refractivity contribution is -0.145. The molecule has 1 aromatic carbocycles. The van der Waals surface area contributed by atoms with Crippen LogP contribution in [0.5, 0.6) is 5.75 Å². The Morgan fingerprint density at radius 2 is 2.11 bits per heavy atom. The fourth-order valence-electron chi connectivity index (χ4n) is 2.52. The summed E-state index contributed by atoms with van der Waals surface area (Å²) < 4.78 is 11.1. The fourth-order valence-corrected chi connectivity index (χ4v) is 2.52. The zero-order chi connectivity index (χ0) is 14.0. The van der Waals surface area contributed by atoms with E-state index < -0.39 is 5.97 Å². The van der Waals surface area contributed by atoms with E-state index in [0.29, 0.717) is 5.92 Å². The Morgan fingerprint density at radius 1 is 1.42 bits per heavy atom. The molecule has 104 valence electrons. The molecule has 1 aliphatic carbocycles. The van der Waals surface area contributed by atoms with E-state index >= 15 is 0 Å². The van der Waals surface area contributed by atoms with Gasteiger partial charge in [0.1, 0.15) is 12.4 Å². The first kappa shape index (κ1) is 13.9. The molecule has 1 aliphatic rings. The maximum absolute atomic E-state index is 10.7. The zero-order valence-electron chi connectivity index (χ0n) is 11.6. The number of ether oxygens (including phenoxy) is 2. The highest BCUT2D eigenvalue weighted by molar-refractivity contribution is 5.68. The van der Waals surface area contributed by atoms with Crippen LogP contribution in [-0.2, 0) is 9.53 Å². The van der Waals surface area contributed by atoms with Gasteiger partial charge in [0, 0.05) is 5.56 Å². The first-order valence-corrected chi connectivity index (χ1v) is 6.51. The molecule has 1 atom stereocenters. The highest BCUT2D eigenvalue weighted by atomic mass is 16.5. The van der Waals surface area contributed by atoms with Crippen molar-refractivity contribution in [3.63, 3.8) is 0 Å². The van der Waals surface area contributed by atoms with Gasteiger partial charge in [-0.25, -0.2) is 4.79 Å². The third kappa shape index (κ3) is 3.26. The number of carbonyl (C=O) groups is 1. The SMILES string of the molecule is COc1c(C)cc(C)cc1C(OCC(=O)O)C1CC1. The van der Waals surface area contributed by atoms with Gasteiger partial charge in [-0.2, -0.15) is 0 Å². The number of aliphatic carboxylic acids is 1. The highest BCUT2D eigenvalue weighted by Crippen LogP contribution is 2.46. The second kappa shape index (κ2) is 5.61. The van der Waals surface area contributed by atoms with Crippen LogP contribution in [0.4, 0.5) is 0 Å². The van der Waals surface area contributed by atoms with E-state index in [2.05, 4.69) is 6.07 Å². The minimum absolute atomic E-state index is 0.176. The Hall–Kier alpha value is -1.55. The van der Waals surface area contributed by atoms with Gasteiger partial charge in [-0.3, -0.25) is 0 Å². The van der Waals surface area contributed by atoms with E-state index in [1.807, 2.05) is 19.9 Å². The topological polar surface area (TPSA) is 55.8 Å². The molecule has 1 saturated carbocycles. The van der Waals surface area contributed by atoms with E-state index in [1.54, 1.807) is 7.11 Å². The predicted octanol–water partition coefficient (Wildman–Crippen LogP) is 2.86. The Labute approximate surface area is 113 Å². The zero-order valence-corrected chi connectivity index (χ0v) is 11.6. The van der Waals surface area contributed by atoms with Gasteiger partial charge in [0.05, 0.1) is 13.2 Å². The number of methoxy groups -OCH3 is 1. The van der Waals surface area contributed by atoms with Gasteiger partial charge in [-0.1, -0.05) is 11.6 Å². The van der Waals surface area contributed by atoms with Crippen molar-refractivity contribution < 1.29 is 19.4 Å².